The van der Waals surface area contributed by atoms with E-state index in [9.17, 15) is 0 Å². The maximum Gasteiger partial charge on any atom is 0.0274 e. The second-order valence-electron chi connectivity index (χ2n) is 4.90. The third kappa shape index (κ3) is 1.35. The first-order valence-electron chi connectivity index (χ1n) is 5.85. The maximum absolute atomic E-state index is 2.39. The van der Waals surface area contributed by atoms with Crippen LogP contribution in [-0.4, -0.2) is 0 Å². The fourth-order valence-electron chi connectivity index (χ4n) is 2.78. The highest BCUT2D eigenvalue weighted by atomic mass is 32.1. The summed E-state index contributed by atoms with van der Waals surface area (Å²) in [6.07, 6.45) is 2.48. The molecule has 82 valence electrons. The van der Waals surface area contributed by atoms with E-state index in [0.717, 1.165) is 0 Å². The van der Waals surface area contributed by atoms with Crippen molar-refractivity contribution < 1.29 is 0 Å². The fourth-order valence-corrected chi connectivity index (χ4v) is 3.84. The summed E-state index contributed by atoms with van der Waals surface area (Å²) in [5, 5.41) is 0. The third-order valence-electron chi connectivity index (χ3n) is 3.79. The summed E-state index contributed by atoms with van der Waals surface area (Å²) in [7, 11) is 0. The van der Waals surface area contributed by atoms with Gasteiger partial charge in [0.25, 0.3) is 0 Å². The van der Waals surface area contributed by atoms with Crippen molar-refractivity contribution in [1.29, 1.82) is 0 Å². The minimum Gasteiger partial charge on any atom is -0.145 e. The average molecular weight is 228 g/mol. The highest BCUT2D eigenvalue weighted by molar-refractivity contribution is 7.12. The number of hydrogen-bond donors (Lipinski definition) is 0. The minimum absolute atomic E-state index is 0.259. The van der Waals surface area contributed by atoms with Crippen LogP contribution in [0.3, 0.4) is 0 Å². The van der Waals surface area contributed by atoms with Crippen molar-refractivity contribution in [2.24, 2.45) is 0 Å². The van der Waals surface area contributed by atoms with E-state index in [0.29, 0.717) is 0 Å². The predicted molar refractivity (Wildman–Crippen MR) is 70.3 cm³/mol. The lowest BCUT2D eigenvalue weighted by molar-refractivity contribution is 0.578. The summed E-state index contributed by atoms with van der Waals surface area (Å²) in [5.74, 6) is 0. The summed E-state index contributed by atoms with van der Waals surface area (Å²) < 4.78 is 0. The van der Waals surface area contributed by atoms with Gasteiger partial charge in [0.05, 0.1) is 0 Å². The van der Waals surface area contributed by atoms with Crippen LogP contribution in [-0.2, 0) is 11.8 Å². The van der Waals surface area contributed by atoms with Crippen LogP contribution in [0.5, 0.6) is 0 Å². The first-order chi connectivity index (χ1) is 7.70. The molecule has 1 aromatic carbocycles. The van der Waals surface area contributed by atoms with Gasteiger partial charge in [-0.2, -0.15) is 0 Å². The highest BCUT2D eigenvalue weighted by Crippen LogP contribution is 2.45. The average Bonchev–Trinajstić information content (AvgIpc) is 2.86. The summed E-state index contributed by atoms with van der Waals surface area (Å²) in [5.41, 5.74) is 3.34. The van der Waals surface area contributed by atoms with Gasteiger partial charge in [0, 0.05) is 15.2 Å². The number of fused-ring (bicyclic) bond motifs is 1. The van der Waals surface area contributed by atoms with Crippen molar-refractivity contribution >= 4 is 11.3 Å². The molecule has 1 aromatic heterocycles. The van der Waals surface area contributed by atoms with Gasteiger partial charge in [0.15, 0.2) is 0 Å². The molecule has 0 saturated heterocycles. The molecule has 3 rings (SSSR count). The fraction of sp³-hybridized carbons (Fsp3) is 0.333. The van der Waals surface area contributed by atoms with Gasteiger partial charge in [-0.05, 0) is 43.0 Å². The van der Waals surface area contributed by atoms with Crippen LogP contribution in [0.1, 0.15) is 34.2 Å². The molecule has 0 radical (unpaired) electrons. The molecule has 0 spiro atoms. The zero-order valence-electron chi connectivity index (χ0n) is 9.79. The predicted octanol–water partition coefficient (Wildman–Crippen LogP) is 4.31. The Morgan fingerprint density at radius 2 is 1.94 bits per heavy atom. The molecule has 0 fully saturated rings. The summed E-state index contributed by atoms with van der Waals surface area (Å²) in [6, 6.07) is 13.5. The zero-order chi connectivity index (χ0) is 11.2. The molecule has 1 heterocycles. The molecular formula is C15H16S. The van der Waals surface area contributed by atoms with E-state index in [-0.39, 0.29) is 5.41 Å². The van der Waals surface area contributed by atoms with Crippen molar-refractivity contribution in [3.8, 4) is 0 Å². The molecule has 0 nitrogen and oxygen atoms in total. The second-order valence-corrected chi connectivity index (χ2v) is 6.19. The standard InChI is InChI=1S/C15H16S/c1-11-7-8-14(16-11)15(2)10-9-12-5-3-4-6-13(12)15/h3-8H,9-10H2,1-2H3. The first-order valence-corrected chi connectivity index (χ1v) is 6.67. The van der Waals surface area contributed by atoms with Gasteiger partial charge >= 0.3 is 0 Å². The number of rotatable bonds is 1. The van der Waals surface area contributed by atoms with Crippen LogP contribution in [0, 0.1) is 6.92 Å². The molecule has 1 heteroatoms. The normalized spacial score (nSPS) is 23.4. The molecule has 2 aromatic rings. The van der Waals surface area contributed by atoms with E-state index in [2.05, 4.69) is 50.2 Å². The Bertz CT molecular complexity index is 524. The van der Waals surface area contributed by atoms with Gasteiger partial charge in [-0.25, -0.2) is 0 Å². The monoisotopic (exact) mass is 228 g/mol. The van der Waals surface area contributed by atoms with Gasteiger partial charge in [-0.3, -0.25) is 0 Å². The summed E-state index contributed by atoms with van der Waals surface area (Å²) in [4.78, 5) is 2.94. The lowest BCUT2D eigenvalue weighted by Gasteiger charge is -2.24. The number of hydrogen-bond acceptors (Lipinski definition) is 1. The quantitative estimate of drug-likeness (QED) is 0.682. The van der Waals surface area contributed by atoms with E-state index in [4.69, 9.17) is 0 Å². The molecule has 0 N–H and O–H groups in total. The topological polar surface area (TPSA) is 0 Å². The van der Waals surface area contributed by atoms with Crippen LogP contribution < -0.4 is 0 Å². The lowest BCUT2D eigenvalue weighted by atomic mass is 9.83. The lowest BCUT2D eigenvalue weighted by Crippen LogP contribution is -2.17. The molecule has 1 atom stereocenters. The largest absolute Gasteiger partial charge is 0.145 e. The number of aryl methyl sites for hydroxylation is 2. The van der Waals surface area contributed by atoms with Gasteiger partial charge < -0.3 is 0 Å². The minimum atomic E-state index is 0.259. The zero-order valence-corrected chi connectivity index (χ0v) is 10.6. The van der Waals surface area contributed by atoms with Crippen molar-refractivity contribution in [2.75, 3.05) is 0 Å². The van der Waals surface area contributed by atoms with Crippen molar-refractivity contribution in [3.63, 3.8) is 0 Å². The Kier molecular flexibility index (Phi) is 2.18. The molecule has 0 saturated carbocycles. The van der Waals surface area contributed by atoms with Crippen molar-refractivity contribution in [3.05, 3.63) is 57.3 Å². The van der Waals surface area contributed by atoms with Crippen LogP contribution in [0.25, 0.3) is 0 Å². The molecule has 0 bridgehead atoms. The third-order valence-corrected chi connectivity index (χ3v) is 5.05. The molecule has 1 aliphatic rings. The van der Waals surface area contributed by atoms with Gasteiger partial charge in [0.2, 0.25) is 0 Å². The molecule has 1 unspecified atom stereocenters. The SMILES string of the molecule is Cc1ccc(C2(C)CCc3ccccc32)s1. The van der Waals surface area contributed by atoms with E-state index < -0.39 is 0 Å². The Hall–Kier alpha value is -1.08. The van der Waals surface area contributed by atoms with E-state index in [1.54, 1.807) is 0 Å². The smallest absolute Gasteiger partial charge is 0.0274 e. The maximum atomic E-state index is 2.39. The van der Waals surface area contributed by atoms with Crippen LogP contribution in [0.15, 0.2) is 36.4 Å². The molecule has 16 heavy (non-hydrogen) atoms. The van der Waals surface area contributed by atoms with Crippen LogP contribution in [0.4, 0.5) is 0 Å². The highest BCUT2D eigenvalue weighted by Gasteiger charge is 2.36. The van der Waals surface area contributed by atoms with Crippen LogP contribution in [0.2, 0.25) is 0 Å². The van der Waals surface area contributed by atoms with Crippen molar-refractivity contribution in [1.82, 2.24) is 0 Å². The first kappa shape index (κ1) is 10.1. The summed E-state index contributed by atoms with van der Waals surface area (Å²) >= 11 is 1.95. The van der Waals surface area contributed by atoms with Crippen LogP contribution >= 0.6 is 11.3 Å². The molecular weight excluding hydrogens is 212 g/mol. The Morgan fingerprint density at radius 1 is 1.12 bits per heavy atom. The Balaban J connectivity index is 2.14. The van der Waals surface area contributed by atoms with E-state index in [1.807, 2.05) is 11.3 Å². The van der Waals surface area contributed by atoms with Gasteiger partial charge in [0.1, 0.15) is 0 Å². The Morgan fingerprint density at radius 3 is 2.69 bits per heavy atom. The van der Waals surface area contributed by atoms with Gasteiger partial charge in [-0.1, -0.05) is 31.2 Å². The second kappa shape index (κ2) is 3.46. The Labute approximate surface area is 101 Å². The molecule has 0 amide bonds. The van der Waals surface area contributed by atoms with Crippen molar-refractivity contribution in [2.45, 2.75) is 32.1 Å². The molecule has 0 aliphatic heterocycles. The summed E-state index contributed by atoms with van der Waals surface area (Å²) in [6.45, 7) is 4.59. The number of benzene rings is 1. The molecule has 1 aliphatic carbocycles. The van der Waals surface area contributed by atoms with Gasteiger partial charge in [-0.15, -0.1) is 11.3 Å². The number of thiophene rings is 1. The van der Waals surface area contributed by atoms with E-state index in [1.165, 1.54) is 33.7 Å². The van der Waals surface area contributed by atoms with E-state index >= 15 is 0 Å².